The molecule has 0 heterocycles. The average Bonchev–Trinajstić information content (AvgIpc) is 2.66. The highest BCUT2D eigenvalue weighted by atomic mass is 16.3. The first-order chi connectivity index (χ1) is 15.4. The Morgan fingerprint density at radius 2 is 0.727 bits per heavy atom. The molecule has 1 rings (SSSR count). The first-order valence-corrected chi connectivity index (χ1v) is 11.2. The minimum Gasteiger partial charge on any atom is -0.506 e. The number of phenolic OH excluding ortho intramolecular Hbond substituents is 3. The minimum absolute atomic E-state index is 0.195. The second-order valence-electron chi connectivity index (χ2n) is 8.98. The van der Waals surface area contributed by atoms with Crippen molar-refractivity contribution in [1.29, 1.82) is 0 Å². The fourth-order valence-corrected chi connectivity index (χ4v) is 3.23. The van der Waals surface area contributed by atoms with E-state index in [9.17, 15) is 15.3 Å². The minimum atomic E-state index is -0.230. The molecule has 33 heavy (non-hydrogen) atoms. The summed E-state index contributed by atoms with van der Waals surface area (Å²) >= 11 is 0. The van der Waals surface area contributed by atoms with Crippen LogP contribution in [0.15, 0.2) is 15.0 Å². The van der Waals surface area contributed by atoms with Crippen LogP contribution in [0.1, 0.15) is 37.5 Å². The molecule has 0 bridgehead atoms. The lowest BCUT2D eigenvalue weighted by Gasteiger charge is -2.19. The lowest BCUT2D eigenvalue weighted by molar-refractivity contribution is 0.418. The Morgan fingerprint density at radius 1 is 0.515 bits per heavy atom. The molecule has 186 valence electrons. The van der Waals surface area contributed by atoms with Gasteiger partial charge in [-0.15, -0.1) is 0 Å². The molecule has 3 N–H and O–H groups in total. The Bertz CT molecular complexity index is 753. The summed E-state index contributed by atoms with van der Waals surface area (Å²) in [5.74, 6) is -0.689. The van der Waals surface area contributed by atoms with E-state index in [2.05, 4.69) is 15.0 Å². The van der Waals surface area contributed by atoms with Gasteiger partial charge in [0.2, 0.25) is 0 Å². The largest absolute Gasteiger partial charge is 0.506 e. The number of phenols is 3. The summed E-state index contributed by atoms with van der Waals surface area (Å²) in [6, 6.07) is 0. The van der Waals surface area contributed by atoms with Crippen LogP contribution in [0, 0.1) is 0 Å². The Hall–Kier alpha value is -2.49. The molecule has 0 atom stereocenters. The molecule has 1 aromatic carbocycles. The highest BCUT2D eigenvalue weighted by molar-refractivity contribution is 6.16. The highest BCUT2D eigenvalue weighted by Crippen LogP contribution is 2.43. The van der Waals surface area contributed by atoms with Crippen LogP contribution in [0.4, 0.5) is 0 Å². The summed E-state index contributed by atoms with van der Waals surface area (Å²) in [6.45, 7) is 8.94. The van der Waals surface area contributed by atoms with E-state index in [1.165, 1.54) is 0 Å². The van der Waals surface area contributed by atoms with Gasteiger partial charge in [-0.25, -0.2) is 0 Å². The molecule has 0 aromatic heterocycles. The molecule has 0 amide bonds. The summed E-state index contributed by atoms with van der Waals surface area (Å²) in [4.78, 5) is 19.6. The van der Waals surface area contributed by atoms with E-state index in [0.29, 0.717) is 36.8 Å². The molecule has 1 aromatic rings. The van der Waals surface area contributed by atoms with Gasteiger partial charge in [-0.2, -0.15) is 0 Å². The third-order valence-corrected chi connectivity index (χ3v) is 5.19. The predicted octanol–water partition coefficient (Wildman–Crippen LogP) is 1.92. The molecule has 0 saturated carbocycles. The van der Waals surface area contributed by atoms with Crippen LogP contribution >= 0.6 is 0 Å². The third kappa shape index (κ3) is 8.42. The van der Waals surface area contributed by atoms with Gasteiger partial charge in [-0.3, -0.25) is 15.0 Å². The van der Waals surface area contributed by atoms with Crippen LogP contribution in [0.25, 0.3) is 0 Å². The lowest BCUT2D eigenvalue weighted by Crippen LogP contribution is -2.17. The number of hydrogen-bond acceptors (Lipinski definition) is 9. The van der Waals surface area contributed by atoms with E-state index >= 15 is 0 Å². The van der Waals surface area contributed by atoms with Crippen molar-refractivity contribution >= 4 is 17.1 Å². The van der Waals surface area contributed by atoms with Gasteiger partial charge in [-0.05, 0) is 63.1 Å². The van der Waals surface area contributed by atoms with Gasteiger partial charge in [0.1, 0.15) is 17.2 Å². The molecule has 0 aliphatic heterocycles. The van der Waals surface area contributed by atoms with Gasteiger partial charge in [0.25, 0.3) is 0 Å². The Morgan fingerprint density at radius 3 is 0.909 bits per heavy atom. The smallest absolute Gasteiger partial charge is 0.141 e. The van der Waals surface area contributed by atoms with Crippen LogP contribution in [0.3, 0.4) is 0 Å². The van der Waals surface area contributed by atoms with Crippen LogP contribution in [-0.4, -0.2) is 129 Å². The highest BCUT2D eigenvalue weighted by Gasteiger charge is 2.27. The molecule has 0 spiro atoms. The van der Waals surface area contributed by atoms with Gasteiger partial charge in [0.05, 0.1) is 36.3 Å². The van der Waals surface area contributed by atoms with Crippen molar-refractivity contribution in [1.82, 2.24) is 14.7 Å². The first-order valence-electron chi connectivity index (χ1n) is 11.2. The monoisotopic (exact) mass is 462 g/mol. The Balaban J connectivity index is 3.67. The van der Waals surface area contributed by atoms with E-state index in [1.54, 1.807) is 20.8 Å². The van der Waals surface area contributed by atoms with Gasteiger partial charge in [0, 0.05) is 36.8 Å². The summed E-state index contributed by atoms with van der Waals surface area (Å²) in [5.41, 5.74) is 2.03. The number of aromatic hydroxyl groups is 3. The van der Waals surface area contributed by atoms with E-state index in [-0.39, 0.29) is 33.9 Å². The second kappa shape index (κ2) is 13.3. The fourth-order valence-electron chi connectivity index (χ4n) is 3.23. The van der Waals surface area contributed by atoms with Crippen molar-refractivity contribution in [3.63, 3.8) is 0 Å². The number of rotatable bonds is 12. The molecule has 0 radical (unpaired) electrons. The summed E-state index contributed by atoms with van der Waals surface area (Å²) < 4.78 is 0. The number of likely N-dealkylation sites (N-methyl/N-ethyl adjacent to an activating group) is 3. The maximum Gasteiger partial charge on any atom is 0.141 e. The predicted molar refractivity (Wildman–Crippen MR) is 138 cm³/mol. The summed E-state index contributed by atoms with van der Waals surface area (Å²) in [7, 11) is 11.7. The zero-order chi connectivity index (χ0) is 25.3. The Labute approximate surface area is 198 Å². The lowest BCUT2D eigenvalue weighted by atomic mass is 9.93. The van der Waals surface area contributed by atoms with E-state index in [0.717, 1.165) is 19.6 Å². The van der Waals surface area contributed by atoms with Crippen molar-refractivity contribution in [2.45, 2.75) is 20.8 Å². The zero-order valence-corrected chi connectivity index (χ0v) is 21.8. The van der Waals surface area contributed by atoms with E-state index in [1.807, 2.05) is 57.0 Å². The number of aliphatic imine (C=N–C) groups is 3. The standard InChI is InChI=1S/C24H42N6O3/c1-16(25-10-13-28(4)5)19-22(31)20(17(2)26-11-14-29(6)7)24(33)21(23(19)32)18(3)27-12-15-30(8)9/h31-33H,10-15H2,1-9H3. The Kier molecular flexibility index (Phi) is 11.5. The summed E-state index contributed by atoms with van der Waals surface area (Å²) in [6.07, 6.45) is 0. The summed E-state index contributed by atoms with van der Waals surface area (Å²) in [5, 5.41) is 33.3. The van der Waals surface area contributed by atoms with Crippen molar-refractivity contribution < 1.29 is 15.3 Å². The first kappa shape index (κ1) is 28.5. The number of hydrogen-bond donors (Lipinski definition) is 3. The van der Waals surface area contributed by atoms with E-state index in [4.69, 9.17) is 0 Å². The van der Waals surface area contributed by atoms with Gasteiger partial charge in [-0.1, -0.05) is 0 Å². The number of benzene rings is 1. The molecule has 0 aliphatic carbocycles. The molecule has 0 fully saturated rings. The van der Waals surface area contributed by atoms with Crippen LogP contribution in [0.2, 0.25) is 0 Å². The van der Waals surface area contributed by atoms with E-state index < -0.39 is 0 Å². The molecular formula is C24H42N6O3. The third-order valence-electron chi connectivity index (χ3n) is 5.19. The molecule has 9 nitrogen and oxygen atoms in total. The van der Waals surface area contributed by atoms with Crippen molar-refractivity contribution in [3.05, 3.63) is 16.7 Å². The SMILES string of the molecule is CC(=NCCN(C)C)c1c(O)c(C(C)=NCCN(C)C)c(O)c(C(C)=NCCN(C)C)c1O. The van der Waals surface area contributed by atoms with Gasteiger partial charge in [0.15, 0.2) is 0 Å². The van der Waals surface area contributed by atoms with Gasteiger partial charge < -0.3 is 30.0 Å². The second-order valence-corrected chi connectivity index (χ2v) is 8.98. The molecule has 0 unspecified atom stereocenters. The quantitative estimate of drug-likeness (QED) is 0.410. The van der Waals surface area contributed by atoms with Crippen molar-refractivity contribution in [3.8, 4) is 17.2 Å². The average molecular weight is 463 g/mol. The normalized spacial score (nSPS) is 13.6. The maximum atomic E-state index is 11.1. The maximum absolute atomic E-state index is 11.1. The fraction of sp³-hybridized carbons (Fsp3) is 0.625. The molecular weight excluding hydrogens is 420 g/mol. The van der Waals surface area contributed by atoms with Crippen molar-refractivity contribution in [2.24, 2.45) is 15.0 Å². The molecule has 0 saturated heterocycles. The van der Waals surface area contributed by atoms with Crippen LogP contribution in [0.5, 0.6) is 17.2 Å². The zero-order valence-electron chi connectivity index (χ0n) is 21.8. The van der Waals surface area contributed by atoms with Crippen LogP contribution < -0.4 is 0 Å². The number of nitrogens with zero attached hydrogens (tertiary/aromatic N) is 6. The molecule has 0 aliphatic rings. The molecule has 9 heteroatoms. The van der Waals surface area contributed by atoms with Gasteiger partial charge >= 0.3 is 0 Å². The topological polar surface area (TPSA) is 107 Å². The van der Waals surface area contributed by atoms with Crippen molar-refractivity contribution in [2.75, 3.05) is 81.6 Å². The van der Waals surface area contributed by atoms with Crippen LogP contribution in [-0.2, 0) is 0 Å².